The molecule has 0 saturated heterocycles. The smallest absolute Gasteiger partial charge is 0.138 e. The molecule has 0 N–H and O–H groups in total. The molecule has 6 heteroatoms. The normalized spacial score (nSPS) is 10.4. The molecule has 0 aliphatic heterocycles. The lowest BCUT2D eigenvalue weighted by Crippen LogP contribution is -2.03. The van der Waals surface area contributed by atoms with Crippen molar-refractivity contribution >= 4 is 0 Å². The first-order valence-corrected chi connectivity index (χ1v) is 3.90. The molecule has 0 radical (unpaired) electrons. The summed E-state index contributed by atoms with van der Waals surface area (Å²) < 4.78 is 27.2. The Hall–Kier alpha value is -1.85. The summed E-state index contributed by atoms with van der Waals surface area (Å²) in [6, 6.07) is 3.27. The molecule has 2 aromatic rings. The summed E-state index contributed by atoms with van der Waals surface area (Å²) in [7, 11) is 0. The van der Waals surface area contributed by atoms with Crippen LogP contribution in [0.3, 0.4) is 0 Å². The Kier molecular flexibility index (Phi) is 2.18. The molecule has 0 saturated carbocycles. The lowest BCUT2D eigenvalue weighted by atomic mass is 10.2. The van der Waals surface area contributed by atoms with E-state index in [4.69, 9.17) is 0 Å². The van der Waals surface area contributed by atoms with Crippen LogP contribution in [-0.4, -0.2) is 20.2 Å². The third kappa shape index (κ3) is 1.73. The molecule has 72 valence electrons. The number of rotatable bonds is 2. The molecular formula is C8H6F2N4. The van der Waals surface area contributed by atoms with Gasteiger partial charge in [-0.2, -0.15) is 0 Å². The highest BCUT2D eigenvalue weighted by Crippen LogP contribution is 2.10. The number of nitrogens with zero attached hydrogens (tertiary/aromatic N) is 4. The van der Waals surface area contributed by atoms with Crippen LogP contribution in [0.2, 0.25) is 0 Å². The second-order valence-electron chi connectivity index (χ2n) is 2.74. The van der Waals surface area contributed by atoms with E-state index < -0.39 is 11.6 Å². The quantitative estimate of drug-likeness (QED) is 0.719. The first-order valence-electron chi connectivity index (χ1n) is 3.90. The molecule has 0 fully saturated rings. The fourth-order valence-electron chi connectivity index (χ4n) is 1.09. The first-order chi connectivity index (χ1) is 6.75. The van der Waals surface area contributed by atoms with Crippen molar-refractivity contribution in [3.05, 3.63) is 41.7 Å². The minimum atomic E-state index is -0.477. The van der Waals surface area contributed by atoms with E-state index in [9.17, 15) is 8.78 Å². The Morgan fingerprint density at radius 2 is 2.14 bits per heavy atom. The highest BCUT2D eigenvalue weighted by Gasteiger charge is 2.04. The average molecular weight is 196 g/mol. The van der Waals surface area contributed by atoms with Crippen molar-refractivity contribution in [3.63, 3.8) is 0 Å². The maximum absolute atomic E-state index is 13.1. The zero-order valence-electron chi connectivity index (χ0n) is 7.06. The summed E-state index contributed by atoms with van der Waals surface area (Å²) in [6.45, 7) is 0.122. The average Bonchev–Trinajstić information content (AvgIpc) is 2.64. The van der Waals surface area contributed by atoms with Gasteiger partial charge in [-0.1, -0.05) is 0 Å². The van der Waals surface area contributed by atoms with E-state index in [0.717, 1.165) is 18.2 Å². The van der Waals surface area contributed by atoms with E-state index in [2.05, 4.69) is 15.5 Å². The third-order valence-corrected chi connectivity index (χ3v) is 1.73. The molecule has 14 heavy (non-hydrogen) atoms. The summed E-state index contributed by atoms with van der Waals surface area (Å²) >= 11 is 0. The van der Waals surface area contributed by atoms with Gasteiger partial charge >= 0.3 is 0 Å². The van der Waals surface area contributed by atoms with Crippen LogP contribution in [0.25, 0.3) is 0 Å². The lowest BCUT2D eigenvalue weighted by molar-refractivity contribution is 0.560. The van der Waals surface area contributed by atoms with E-state index in [0.29, 0.717) is 0 Å². The van der Waals surface area contributed by atoms with Gasteiger partial charge in [-0.25, -0.2) is 13.5 Å². The van der Waals surface area contributed by atoms with Crippen LogP contribution < -0.4 is 0 Å². The fourth-order valence-corrected chi connectivity index (χ4v) is 1.09. The molecule has 0 unspecified atom stereocenters. The van der Waals surface area contributed by atoms with Crippen LogP contribution in [0.5, 0.6) is 0 Å². The topological polar surface area (TPSA) is 43.6 Å². The van der Waals surface area contributed by atoms with E-state index in [1.54, 1.807) is 0 Å². The standard InChI is InChI=1S/C8H6F2N4/c9-7-1-2-8(10)6(3-7)4-14-5-11-12-13-14/h1-3,5H,4H2. The Morgan fingerprint density at radius 1 is 1.29 bits per heavy atom. The molecule has 0 aliphatic carbocycles. The van der Waals surface area contributed by atoms with Gasteiger partial charge in [0.2, 0.25) is 0 Å². The van der Waals surface area contributed by atoms with Gasteiger partial charge in [0.15, 0.2) is 0 Å². The molecule has 0 spiro atoms. The Balaban J connectivity index is 2.28. The van der Waals surface area contributed by atoms with Crippen molar-refractivity contribution in [1.82, 2.24) is 20.2 Å². The van der Waals surface area contributed by atoms with Crippen LogP contribution in [0, 0.1) is 11.6 Å². The summed E-state index contributed by atoms with van der Waals surface area (Å²) in [5, 5.41) is 10.3. The van der Waals surface area contributed by atoms with Crippen LogP contribution in [0.15, 0.2) is 24.5 Å². The molecule has 2 rings (SSSR count). The Labute approximate surface area is 78.2 Å². The van der Waals surface area contributed by atoms with Crippen LogP contribution in [0.4, 0.5) is 8.78 Å². The third-order valence-electron chi connectivity index (χ3n) is 1.73. The van der Waals surface area contributed by atoms with Gasteiger partial charge in [0.05, 0.1) is 6.54 Å². The van der Waals surface area contributed by atoms with E-state index in [1.807, 2.05) is 0 Å². The van der Waals surface area contributed by atoms with Gasteiger partial charge in [-0.05, 0) is 28.6 Å². The molecule has 1 aromatic carbocycles. The predicted molar refractivity (Wildman–Crippen MR) is 43.3 cm³/mol. The van der Waals surface area contributed by atoms with Crippen molar-refractivity contribution in [1.29, 1.82) is 0 Å². The van der Waals surface area contributed by atoms with Crippen molar-refractivity contribution in [2.24, 2.45) is 0 Å². The SMILES string of the molecule is Fc1ccc(F)c(Cn2cnnn2)c1. The second-order valence-corrected chi connectivity index (χ2v) is 2.74. The fraction of sp³-hybridized carbons (Fsp3) is 0.125. The highest BCUT2D eigenvalue weighted by molar-refractivity contribution is 5.18. The predicted octanol–water partition coefficient (Wildman–Crippen LogP) is 1.000. The van der Waals surface area contributed by atoms with E-state index in [1.165, 1.54) is 11.0 Å². The number of tetrazole rings is 1. The monoisotopic (exact) mass is 196 g/mol. The number of hydrogen-bond donors (Lipinski definition) is 0. The van der Waals surface area contributed by atoms with Crippen LogP contribution >= 0.6 is 0 Å². The Bertz CT molecular complexity index is 427. The maximum Gasteiger partial charge on any atom is 0.138 e. The van der Waals surface area contributed by atoms with Crippen molar-refractivity contribution in [2.75, 3.05) is 0 Å². The summed E-state index contributed by atoms with van der Waals surface area (Å²) in [5.74, 6) is -0.948. The van der Waals surface area contributed by atoms with Crippen molar-refractivity contribution < 1.29 is 8.78 Å². The van der Waals surface area contributed by atoms with Gasteiger partial charge in [-0.3, -0.25) is 0 Å². The molecule has 1 heterocycles. The summed E-state index contributed by atoms with van der Waals surface area (Å²) in [4.78, 5) is 0. The molecule has 0 amide bonds. The van der Waals surface area contributed by atoms with Gasteiger partial charge < -0.3 is 0 Å². The zero-order valence-corrected chi connectivity index (χ0v) is 7.06. The van der Waals surface area contributed by atoms with Crippen LogP contribution in [-0.2, 0) is 6.54 Å². The number of benzene rings is 1. The van der Waals surface area contributed by atoms with E-state index >= 15 is 0 Å². The van der Waals surface area contributed by atoms with Gasteiger partial charge in [0, 0.05) is 5.56 Å². The molecule has 0 aliphatic rings. The Morgan fingerprint density at radius 3 is 2.86 bits per heavy atom. The van der Waals surface area contributed by atoms with Gasteiger partial charge in [-0.15, -0.1) is 5.10 Å². The largest absolute Gasteiger partial charge is 0.228 e. The van der Waals surface area contributed by atoms with Crippen molar-refractivity contribution in [3.8, 4) is 0 Å². The van der Waals surface area contributed by atoms with Crippen molar-refractivity contribution in [2.45, 2.75) is 6.54 Å². The minimum absolute atomic E-state index is 0.122. The number of hydrogen-bond acceptors (Lipinski definition) is 3. The molecule has 0 bridgehead atoms. The molecule has 4 nitrogen and oxygen atoms in total. The summed E-state index contributed by atoms with van der Waals surface area (Å²) in [5.41, 5.74) is 0.220. The lowest BCUT2D eigenvalue weighted by Gasteiger charge is -2.01. The maximum atomic E-state index is 13.1. The first kappa shape index (κ1) is 8.74. The van der Waals surface area contributed by atoms with Gasteiger partial charge in [0.1, 0.15) is 18.0 Å². The van der Waals surface area contributed by atoms with Gasteiger partial charge in [0.25, 0.3) is 0 Å². The molecule has 0 atom stereocenters. The number of aromatic nitrogens is 4. The molecular weight excluding hydrogens is 190 g/mol. The zero-order chi connectivity index (χ0) is 9.97. The molecule has 1 aromatic heterocycles. The van der Waals surface area contributed by atoms with Crippen LogP contribution in [0.1, 0.15) is 5.56 Å². The highest BCUT2D eigenvalue weighted by atomic mass is 19.1. The van der Waals surface area contributed by atoms with E-state index in [-0.39, 0.29) is 12.1 Å². The second kappa shape index (κ2) is 3.49. The number of halogens is 2. The summed E-state index contributed by atoms with van der Waals surface area (Å²) in [6.07, 6.45) is 1.34. The minimum Gasteiger partial charge on any atom is -0.228 e.